The molecular weight excluding hydrogens is 406 g/mol. The molecule has 0 atom stereocenters. The first-order chi connectivity index (χ1) is 15.1. The van der Waals surface area contributed by atoms with E-state index >= 15 is 0 Å². The molecule has 6 nitrogen and oxygen atoms in total. The molecule has 1 amide bonds. The van der Waals surface area contributed by atoms with E-state index in [9.17, 15) is 10.1 Å². The highest BCUT2D eigenvalue weighted by Gasteiger charge is 2.27. The first kappa shape index (κ1) is 19.0. The van der Waals surface area contributed by atoms with Gasteiger partial charge in [-0.15, -0.1) is 11.3 Å². The van der Waals surface area contributed by atoms with Gasteiger partial charge in [-0.3, -0.25) is 4.79 Å². The van der Waals surface area contributed by atoms with Crippen molar-refractivity contribution in [2.24, 2.45) is 5.10 Å². The molecule has 0 spiro atoms. The number of para-hydroxylation sites is 1. The zero-order chi connectivity index (χ0) is 21.4. The van der Waals surface area contributed by atoms with Crippen molar-refractivity contribution in [3.05, 3.63) is 98.6 Å². The van der Waals surface area contributed by atoms with Gasteiger partial charge in [0.25, 0.3) is 5.91 Å². The van der Waals surface area contributed by atoms with Crippen LogP contribution in [-0.4, -0.2) is 16.6 Å². The third-order valence-electron chi connectivity index (χ3n) is 5.26. The molecule has 2 aliphatic heterocycles. The highest BCUT2D eigenvalue weighted by molar-refractivity contribution is 7.12. The second-order valence-electron chi connectivity index (χ2n) is 7.22. The van der Waals surface area contributed by atoms with Gasteiger partial charge in [-0.25, -0.2) is 10.4 Å². The van der Waals surface area contributed by atoms with Crippen molar-refractivity contribution in [2.75, 3.05) is 5.32 Å². The van der Waals surface area contributed by atoms with E-state index in [4.69, 9.17) is 0 Å². The summed E-state index contributed by atoms with van der Waals surface area (Å²) >= 11 is 1.59. The molecule has 2 aliphatic rings. The Hall–Kier alpha value is -4.02. The summed E-state index contributed by atoms with van der Waals surface area (Å²) in [5, 5.41) is 17.7. The molecule has 0 saturated carbocycles. The molecule has 2 aromatic carbocycles. The summed E-state index contributed by atoms with van der Waals surface area (Å²) in [6.45, 7) is 1.81. The van der Waals surface area contributed by atoms with E-state index in [1.165, 1.54) is 0 Å². The van der Waals surface area contributed by atoms with Gasteiger partial charge in [0.1, 0.15) is 0 Å². The molecule has 0 fully saturated rings. The minimum atomic E-state index is -0.215. The fourth-order valence-corrected chi connectivity index (χ4v) is 4.73. The number of hydrazone groups is 1. The number of thiazole rings is 1. The van der Waals surface area contributed by atoms with E-state index in [-0.39, 0.29) is 5.91 Å². The predicted molar refractivity (Wildman–Crippen MR) is 121 cm³/mol. The number of allylic oxidation sites excluding steroid dienone is 1. The quantitative estimate of drug-likeness (QED) is 0.617. The van der Waals surface area contributed by atoms with Crippen LogP contribution in [0.2, 0.25) is 0 Å². The standard InChI is InChI=1S/C24H17N5OS/c1-14-23(24(30)29-28-14)20-11-18(17-8-4-5-9-19(17)27-20)21-13-26-22(31-21)10-15-6-2-3-7-16(15)12-25/h2-9,11,13,27H,10H2,1H3,(H,29,30). The third-order valence-corrected chi connectivity index (χ3v) is 6.29. The Balaban J connectivity index is 1.57. The van der Waals surface area contributed by atoms with Gasteiger partial charge in [-0.05, 0) is 30.7 Å². The number of hydrogen-bond donors (Lipinski definition) is 2. The van der Waals surface area contributed by atoms with E-state index in [0.717, 1.165) is 38.0 Å². The number of nitriles is 1. The molecule has 5 rings (SSSR count). The van der Waals surface area contributed by atoms with E-state index in [2.05, 4.69) is 33.0 Å². The predicted octanol–water partition coefficient (Wildman–Crippen LogP) is 4.22. The number of carbonyl (C=O) groups excluding carboxylic acids is 1. The Bertz CT molecular complexity index is 1360. The van der Waals surface area contributed by atoms with Crippen molar-refractivity contribution in [2.45, 2.75) is 13.3 Å². The first-order valence-electron chi connectivity index (χ1n) is 9.74. The summed E-state index contributed by atoms with van der Waals surface area (Å²) < 4.78 is 0. The van der Waals surface area contributed by atoms with Gasteiger partial charge in [0.15, 0.2) is 0 Å². The van der Waals surface area contributed by atoms with Crippen molar-refractivity contribution in [1.82, 2.24) is 10.4 Å². The smallest absolute Gasteiger partial charge is 0.275 e. The normalized spacial score (nSPS) is 17.2. The zero-order valence-electron chi connectivity index (χ0n) is 16.6. The average molecular weight is 424 g/mol. The van der Waals surface area contributed by atoms with Gasteiger partial charge in [-0.2, -0.15) is 10.4 Å². The van der Waals surface area contributed by atoms with E-state index < -0.39 is 0 Å². The lowest BCUT2D eigenvalue weighted by molar-refractivity contribution is -0.116. The topological polar surface area (TPSA) is 90.2 Å². The van der Waals surface area contributed by atoms with Crippen LogP contribution in [0.15, 0.2) is 77.2 Å². The van der Waals surface area contributed by atoms with Crippen LogP contribution in [0.4, 0.5) is 5.69 Å². The van der Waals surface area contributed by atoms with Crippen LogP contribution in [0.1, 0.15) is 33.5 Å². The van der Waals surface area contributed by atoms with Crippen LogP contribution >= 0.6 is 11.3 Å². The summed E-state index contributed by atoms with van der Waals surface area (Å²) in [7, 11) is 0. The maximum atomic E-state index is 12.3. The van der Waals surface area contributed by atoms with Gasteiger partial charge >= 0.3 is 0 Å². The van der Waals surface area contributed by atoms with Gasteiger partial charge in [0.05, 0.1) is 38.5 Å². The zero-order valence-corrected chi connectivity index (χ0v) is 17.5. The Morgan fingerprint density at radius 3 is 2.74 bits per heavy atom. The van der Waals surface area contributed by atoms with Gasteiger partial charge < -0.3 is 5.32 Å². The molecule has 0 aliphatic carbocycles. The van der Waals surface area contributed by atoms with Crippen molar-refractivity contribution >= 4 is 34.2 Å². The Labute approximate surface area is 183 Å². The molecule has 2 N–H and O–H groups in total. The van der Waals surface area contributed by atoms with Gasteiger partial charge in [-0.1, -0.05) is 36.4 Å². The lowest BCUT2D eigenvalue weighted by atomic mass is 9.95. The van der Waals surface area contributed by atoms with E-state index in [1.807, 2.05) is 61.7 Å². The number of carbonyl (C=O) groups is 1. The van der Waals surface area contributed by atoms with Crippen molar-refractivity contribution in [3.63, 3.8) is 0 Å². The minimum absolute atomic E-state index is 0.215. The number of amides is 1. The summed E-state index contributed by atoms with van der Waals surface area (Å²) in [5.41, 5.74) is 9.04. The number of nitrogens with zero attached hydrogens (tertiary/aromatic N) is 3. The average Bonchev–Trinajstić information content (AvgIpc) is 3.39. The lowest BCUT2D eigenvalue weighted by Crippen LogP contribution is -2.19. The number of fused-ring (bicyclic) bond motifs is 1. The molecule has 1 aromatic heterocycles. The SMILES string of the molecule is CC1=NNC(=O)C1=C1C=C(c2cnc(Cc3ccccc3C#N)s2)c2ccccc2N1. The van der Waals surface area contributed by atoms with Crippen LogP contribution in [0, 0.1) is 11.3 Å². The Morgan fingerprint density at radius 1 is 1.13 bits per heavy atom. The summed E-state index contributed by atoms with van der Waals surface area (Å²) in [6.07, 6.45) is 4.45. The molecule has 3 heterocycles. The number of aromatic nitrogens is 1. The molecular formula is C24H17N5OS. The molecule has 0 bridgehead atoms. The molecule has 7 heteroatoms. The van der Waals surface area contributed by atoms with Crippen molar-refractivity contribution in [3.8, 4) is 6.07 Å². The third kappa shape index (κ3) is 3.43. The Morgan fingerprint density at radius 2 is 1.94 bits per heavy atom. The van der Waals surface area contributed by atoms with Crippen LogP contribution in [-0.2, 0) is 11.2 Å². The minimum Gasteiger partial charge on any atom is -0.354 e. The summed E-state index contributed by atoms with van der Waals surface area (Å²) in [4.78, 5) is 17.9. The van der Waals surface area contributed by atoms with Gasteiger partial charge in [0, 0.05) is 29.4 Å². The van der Waals surface area contributed by atoms with Crippen LogP contribution in [0.3, 0.4) is 0 Å². The molecule has 150 valence electrons. The van der Waals surface area contributed by atoms with Crippen molar-refractivity contribution in [1.29, 1.82) is 5.26 Å². The maximum Gasteiger partial charge on any atom is 0.275 e. The molecule has 31 heavy (non-hydrogen) atoms. The maximum absolute atomic E-state index is 12.3. The largest absolute Gasteiger partial charge is 0.354 e. The summed E-state index contributed by atoms with van der Waals surface area (Å²) in [6, 6.07) is 17.8. The molecule has 3 aromatic rings. The number of benzene rings is 2. The second kappa shape index (κ2) is 7.67. The summed E-state index contributed by atoms with van der Waals surface area (Å²) in [5.74, 6) is -0.215. The van der Waals surface area contributed by atoms with Crippen LogP contribution in [0.25, 0.3) is 5.57 Å². The van der Waals surface area contributed by atoms with Crippen LogP contribution < -0.4 is 10.7 Å². The highest BCUT2D eigenvalue weighted by atomic mass is 32.1. The molecule has 0 saturated heterocycles. The number of anilines is 1. The van der Waals surface area contributed by atoms with E-state index in [1.54, 1.807) is 11.3 Å². The Kier molecular flexibility index (Phi) is 4.69. The van der Waals surface area contributed by atoms with Gasteiger partial charge in [0.2, 0.25) is 0 Å². The molecule has 0 radical (unpaired) electrons. The number of rotatable bonds is 3. The molecule has 0 unspecified atom stereocenters. The fraction of sp³-hybridized carbons (Fsp3) is 0.0833. The number of hydrogen-bond acceptors (Lipinski definition) is 6. The second-order valence-corrected chi connectivity index (χ2v) is 8.33. The first-order valence-corrected chi connectivity index (χ1v) is 10.6. The van der Waals surface area contributed by atoms with Crippen LogP contribution in [0.5, 0.6) is 0 Å². The highest BCUT2D eigenvalue weighted by Crippen LogP contribution is 2.38. The monoisotopic (exact) mass is 423 g/mol. The fourth-order valence-electron chi connectivity index (χ4n) is 3.76. The van der Waals surface area contributed by atoms with E-state index in [0.29, 0.717) is 23.3 Å². The van der Waals surface area contributed by atoms with Crippen molar-refractivity contribution < 1.29 is 4.79 Å². The number of nitrogens with one attached hydrogen (secondary N) is 2. The lowest BCUT2D eigenvalue weighted by Gasteiger charge is -2.21.